The van der Waals surface area contributed by atoms with E-state index in [-0.39, 0.29) is 0 Å². The van der Waals surface area contributed by atoms with Gasteiger partial charge in [0.15, 0.2) is 0 Å². The molecule has 0 N–H and O–H groups in total. The summed E-state index contributed by atoms with van der Waals surface area (Å²) in [5.74, 6) is 0. The molecule has 2 nitrogen and oxygen atoms in total. The van der Waals surface area contributed by atoms with Gasteiger partial charge in [0.25, 0.3) is 6.29 Å². The number of alkyl halides is 5. The van der Waals surface area contributed by atoms with Crippen LogP contribution < -0.4 is 0 Å². The Morgan fingerprint density at radius 2 is 1.55 bits per heavy atom. The van der Waals surface area contributed by atoms with Gasteiger partial charge < -0.3 is 0 Å². The van der Waals surface area contributed by atoms with Crippen molar-refractivity contribution >= 4 is 0 Å². The summed E-state index contributed by atoms with van der Waals surface area (Å²) in [5, 5.41) is 0. The van der Waals surface area contributed by atoms with E-state index in [1.54, 1.807) is 0 Å². The topological polar surface area (TPSA) is 18.5 Å². The van der Waals surface area contributed by atoms with Crippen molar-refractivity contribution in [1.82, 2.24) is 0 Å². The van der Waals surface area contributed by atoms with E-state index in [1.807, 2.05) is 0 Å². The fourth-order valence-corrected chi connectivity index (χ4v) is 0.242. The molecule has 0 bridgehead atoms. The summed E-state index contributed by atoms with van der Waals surface area (Å²) in [7, 11) is 0. The van der Waals surface area contributed by atoms with Crippen molar-refractivity contribution in [3.8, 4) is 0 Å². The third kappa shape index (κ3) is 4.04. The molecule has 0 aromatic rings. The first-order valence-electron chi connectivity index (χ1n) is 2.15. The van der Waals surface area contributed by atoms with Crippen molar-refractivity contribution in [2.45, 2.75) is 19.1 Å². The summed E-state index contributed by atoms with van der Waals surface area (Å²) >= 11 is 0. The van der Waals surface area contributed by atoms with Crippen LogP contribution in [0.15, 0.2) is 0 Å². The van der Waals surface area contributed by atoms with Crippen molar-refractivity contribution in [1.29, 1.82) is 0 Å². The maximum Gasteiger partial charge on any atom is 0.443 e. The quantitative estimate of drug-likeness (QED) is 0.493. The summed E-state index contributed by atoms with van der Waals surface area (Å²) in [6, 6.07) is 0. The van der Waals surface area contributed by atoms with Crippen molar-refractivity contribution < 1.29 is 36.2 Å². The van der Waals surface area contributed by atoms with E-state index in [4.69, 9.17) is 0 Å². The Kier molecular flexibility index (Phi) is 3.59. The lowest BCUT2D eigenvalue weighted by Gasteiger charge is -2.14. The van der Waals surface area contributed by atoms with Crippen LogP contribution in [-0.4, -0.2) is 19.1 Å². The Labute approximate surface area is 56.6 Å². The summed E-state index contributed by atoms with van der Waals surface area (Å²) in [4.78, 5) is 2.10. The molecule has 0 aromatic carbocycles. The maximum atomic E-state index is 11.3. The number of halogens is 6. The van der Waals surface area contributed by atoms with E-state index in [0.29, 0.717) is 0 Å². The molecule has 8 heteroatoms. The number of ether oxygens (including phenoxy) is 1. The molecule has 0 radical (unpaired) electrons. The Morgan fingerprint density at radius 3 is 1.64 bits per heavy atom. The Hall–Kier alpha value is -0.500. The summed E-state index contributed by atoms with van der Waals surface area (Å²) in [6.07, 6.45) is -8.83. The first-order valence-corrected chi connectivity index (χ1v) is 2.15. The van der Waals surface area contributed by atoms with Crippen molar-refractivity contribution in [3.05, 3.63) is 0 Å². The summed E-state index contributed by atoms with van der Waals surface area (Å²) in [6.45, 7) is -3.74. The highest BCUT2D eigenvalue weighted by molar-refractivity contribution is 4.53. The zero-order valence-electron chi connectivity index (χ0n) is 4.74. The molecule has 68 valence electrons. The standard InChI is InChI=1S/C3H2F6O2/c4-2(5)10-1(11-9)3(6,7)8/h1-2H. The molecule has 0 fully saturated rings. The zero-order chi connectivity index (χ0) is 9.07. The predicted molar refractivity (Wildman–Crippen MR) is 19.1 cm³/mol. The molecule has 0 aliphatic heterocycles. The van der Waals surface area contributed by atoms with Crippen LogP contribution in [0, 0.1) is 0 Å². The van der Waals surface area contributed by atoms with E-state index in [2.05, 4.69) is 9.68 Å². The second kappa shape index (κ2) is 3.77. The average molecular weight is 184 g/mol. The van der Waals surface area contributed by atoms with Gasteiger partial charge in [-0.2, -0.15) is 26.9 Å². The van der Waals surface area contributed by atoms with Gasteiger partial charge in [-0.3, -0.25) is 4.74 Å². The highest BCUT2D eigenvalue weighted by Gasteiger charge is 2.45. The van der Waals surface area contributed by atoms with E-state index in [0.717, 1.165) is 0 Å². The van der Waals surface area contributed by atoms with Gasteiger partial charge in [-0.15, -0.1) is 0 Å². The van der Waals surface area contributed by atoms with Crippen molar-refractivity contribution in [2.75, 3.05) is 0 Å². The molecular weight excluding hydrogens is 182 g/mol. The SMILES string of the molecule is FOC(OC(F)F)C(F)(F)F. The molecule has 0 aliphatic carbocycles. The second-order valence-corrected chi connectivity index (χ2v) is 1.36. The molecule has 0 rings (SSSR count). The van der Waals surface area contributed by atoms with Gasteiger partial charge in [-0.1, -0.05) is 0 Å². The van der Waals surface area contributed by atoms with Crippen LogP contribution >= 0.6 is 0 Å². The Bertz CT molecular complexity index is 111. The van der Waals surface area contributed by atoms with Crippen LogP contribution in [0.2, 0.25) is 0 Å². The van der Waals surface area contributed by atoms with Crippen LogP contribution in [0.25, 0.3) is 0 Å². The lowest BCUT2D eigenvalue weighted by molar-refractivity contribution is -0.404. The van der Waals surface area contributed by atoms with Crippen LogP contribution in [-0.2, 0) is 9.68 Å². The molecule has 0 saturated carbocycles. The molecule has 11 heavy (non-hydrogen) atoms. The van der Waals surface area contributed by atoms with Crippen molar-refractivity contribution in [3.63, 3.8) is 0 Å². The molecular formula is C3H2F6O2. The van der Waals surface area contributed by atoms with Crippen LogP contribution in [0.5, 0.6) is 0 Å². The minimum absolute atomic E-state index is 2.10. The molecule has 0 aromatic heterocycles. The average Bonchev–Trinajstić information content (AvgIpc) is 1.79. The first-order chi connectivity index (χ1) is 4.88. The lowest BCUT2D eigenvalue weighted by Crippen LogP contribution is -2.33. The predicted octanol–water partition coefficient (Wildman–Crippen LogP) is 2.02. The first kappa shape index (κ1) is 10.5. The van der Waals surface area contributed by atoms with Crippen LogP contribution in [0.3, 0.4) is 0 Å². The highest BCUT2D eigenvalue weighted by Crippen LogP contribution is 2.25. The van der Waals surface area contributed by atoms with Gasteiger partial charge in [-0.05, 0) is 4.53 Å². The van der Waals surface area contributed by atoms with E-state index in [1.165, 1.54) is 0 Å². The molecule has 1 unspecified atom stereocenters. The summed E-state index contributed by atoms with van der Waals surface area (Å²) in [5.41, 5.74) is 0. The fourth-order valence-electron chi connectivity index (χ4n) is 0.242. The minimum atomic E-state index is -5.30. The molecule has 0 heterocycles. The lowest BCUT2D eigenvalue weighted by atomic mass is 10.6. The molecule has 0 saturated heterocycles. The van der Waals surface area contributed by atoms with Crippen LogP contribution in [0.1, 0.15) is 0 Å². The molecule has 0 amide bonds. The highest BCUT2D eigenvalue weighted by atomic mass is 19.4. The van der Waals surface area contributed by atoms with Gasteiger partial charge in [0.1, 0.15) is 0 Å². The van der Waals surface area contributed by atoms with Gasteiger partial charge in [-0.25, -0.2) is 0 Å². The minimum Gasteiger partial charge on any atom is -0.281 e. The van der Waals surface area contributed by atoms with Gasteiger partial charge >= 0.3 is 12.8 Å². The second-order valence-electron chi connectivity index (χ2n) is 1.36. The van der Waals surface area contributed by atoms with Gasteiger partial charge in [0, 0.05) is 0 Å². The largest absolute Gasteiger partial charge is 0.443 e. The van der Waals surface area contributed by atoms with Crippen molar-refractivity contribution in [2.24, 2.45) is 0 Å². The smallest absolute Gasteiger partial charge is 0.281 e. The fraction of sp³-hybridized carbons (Fsp3) is 1.00. The van der Waals surface area contributed by atoms with E-state index >= 15 is 0 Å². The monoisotopic (exact) mass is 184 g/mol. The zero-order valence-corrected chi connectivity index (χ0v) is 4.74. The molecule has 0 spiro atoms. The Balaban J connectivity index is 3.96. The third-order valence-corrected chi connectivity index (χ3v) is 0.575. The molecule has 1 atom stereocenters. The number of rotatable bonds is 3. The number of hydrogen-bond acceptors (Lipinski definition) is 2. The van der Waals surface area contributed by atoms with Crippen LogP contribution in [0.4, 0.5) is 26.5 Å². The Morgan fingerprint density at radius 1 is 1.09 bits per heavy atom. The van der Waals surface area contributed by atoms with Gasteiger partial charge in [0.2, 0.25) is 0 Å². The van der Waals surface area contributed by atoms with E-state index in [9.17, 15) is 26.5 Å². The maximum absolute atomic E-state index is 11.3. The normalized spacial score (nSPS) is 15.5. The summed E-state index contributed by atoms with van der Waals surface area (Å²) < 4.78 is 69.4. The third-order valence-electron chi connectivity index (χ3n) is 0.575. The number of hydrogen-bond donors (Lipinski definition) is 0. The molecule has 0 aliphatic rings. The van der Waals surface area contributed by atoms with E-state index < -0.39 is 19.1 Å². The van der Waals surface area contributed by atoms with Gasteiger partial charge in [0.05, 0.1) is 0 Å².